The van der Waals surface area contributed by atoms with E-state index in [9.17, 15) is 0 Å². The second-order valence-corrected chi connectivity index (χ2v) is 7.78. The molecular weight excluding hydrogens is 424 g/mol. The Kier molecular flexibility index (Phi) is 14.0. The molecule has 0 bridgehead atoms. The van der Waals surface area contributed by atoms with E-state index >= 15 is 0 Å². The minimum absolute atomic E-state index is 0.0996. The van der Waals surface area contributed by atoms with Crippen LogP contribution in [0.15, 0.2) is 0 Å². The van der Waals surface area contributed by atoms with E-state index in [1.54, 1.807) is 0 Å². The van der Waals surface area contributed by atoms with Gasteiger partial charge in [-0.05, 0) is 0 Å². The van der Waals surface area contributed by atoms with Gasteiger partial charge in [-0.1, -0.05) is 0 Å². The predicted octanol–water partition coefficient (Wildman–Crippen LogP) is 0.448. The molecule has 3 aliphatic rings. The van der Waals surface area contributed by atoms with Crippen LogP contribution < -0.4 is 0 Å². The highest BCUT2D eigenvalue weighted by atomic mass is 16.6. The lowest BCUT2D eigenvalue weighted by Gasteiger charge is -2.40. The molecule has 2 aliphatic heterocycles. The van der Waals surface area contributed by atoms with Gasteiger partial charge in [0, 0.05) is 12.8 Å². The van der Waals surface area contributed by atoms with E-state index in [-0.39, 0.29) is 24.4 Å². The smallest absolute Gasteiger partial charge is 0.0864 e. The maximum absolute atomic E-state index is 6.16. The van der Waals surface area contributed by atoms with Gasteiger partial charge in [0.05, 0.1) is 130 Å². The van der Waals surface area contributed by atoms with Gasteiger partial charge in [0.15, 0.2) is 0 Å². The van der Waals surface area contributed by atoms with Crippen LogP contribution in [0.3, 0.4) is 0 Å². The lowest BCUT2D eigenvalue weighted by molar-refractivity contribution is -0.185. The minimum Gasteiger partial charge on any atom is -0.377 e. The molecule has 4 atom stereocenters. The van der Waals surface area contributed by atoms with Gasteiger partial charge in [-0.25, -0.2) is 0 Å². The van der Waals surface area contributed by atoms with Crippen molar-refractivity contribution in [2.45, 2.75) is 37.3 Å². The Morgan fingerprint density at radius 2 is 0.438 bits per heavy atom. The summed E-state index contributed by atoms with van der Waals surface area (Å²) in [5.74, 6) is 0. The fourth-order valence-electron chi connectivity index (χ4n) is 3.88. The minimum atomic E-state index is -0.0996. The first-order valence-corrected chi connectivity index (χ1v) is 11.9. The number of hydrogen-bond acceptors (Lipinski definition) is 10. The molecule has 188 valence electrons. The molecule has 10 heteroatoms. The average Bonchev–Trinajstić information content (AvgIpc) is 2.82. The highest BCUT2D eigenvalue weighted by Gasteiger charge is 2.39. The Balaban J connectivity index is 1.55. The lowest BCUT2D eigenvalue weighted by Crippen LogP contribution is -2.50. The number of rotatable bonds is 0. The Labute approximate surface area is 191 Å². The van der Waals surface area contributed by atoms with Gasteiger partial charge in [0.2, 0.25) is 0 Å². The first-order valence-electron chi connectivity index (χ1n) is 11.9. The van der Waals surface area contributed by atoms with Crippen molar-refractivity contribution in [3.8, 4) is 0 Å². The normalized spacial score (nSPS) is 34.5. The predicted molar refractivity (Wildman–Crippen MR) is 113 cm³/mol. The van der Waals surface area contributed by atoms with Crippen LogP contribution in [-0.4, -0.2) is 130 Å². The number of hydrogen-bond donors (Lipinski definition) is 0. The second kappa shape index (κ2) is 17.1. The van der Waals surface area contributed by atoms with Crippen LogP contribution in [0.4, 0.5) is 0 Å². The van der Waals surface area contributed by atoms with Crippen molar-refractivity contribution >= 4 is 0 Å². The molecule has 0 amide bonds. The van der Waals surface area contributed by atoms with Gasteiger partial charge in [-0.15, -0.1) is 0 Å². The molecule has 2 saturated heterocycles. The fourth-order valence-corrected chi connectivity index (χ4v) is 3.88. The van der Waals surface area contributed by atoms with Gasteiger partial charge < -0.3 is 47.4 Å². The molecule has 2 heterocycles. The summed E-state index contributed by atoms with van der Waals surface area (Å²) in [7, 11) is 0. The summed E-state index contributed by atoms with van der Waals surface area (Å²) >= 11 is 0. The van der Waals surface area contributed by atoms with Crippen molar-refractivity contribution in [3.05, 3.63) is 0 Å². The maximum atomic E-state index is 6.16. The van der Waals surface area contributed by atoms with E-state index in [2.05, 4.69) is 0 Å². The van der Waals surface area contributed by atoms with Crippen molar-refractivity contribution in [2.75, 3.05) is 106 Å². The van der Waals surface area contributed by atoms with E-state index in [4.69, 9.17) is 47.4 Å². The molecule has 4 unspecified atom stereocenters. The van der Waals surface area contributed by atoms with E-state index in [1.807, 2.05) is 0 Å². The van der Waals surface area contributed by atoms with Gasteiger partial charge in [-0.2, -0.15) is 0 Å². The molecule has 3 fully saturated rings. The standard InChI is InChI=1S/C22H40O10/c1-5-25-9-13-29-19-17-21-22(18-20(19)30-14-10-26-6-2-23-1)32-16-12-28-8-4-24-3-7-27-11-15-31-21/h19-22H,1-18H2. The molecule has 0 aromatic rings. The molecule has 0 radical (unpaired) electrons. The van der Waals surface area contributed by atoms with Crippen LogP contribution in [0.25, 0.3) is 0 Å². The molecular formula is C22H40O10. The van der Waals surface area contributed by atoms with Gasteiger partial charge in [-0.3, -0.25) is 0 Å². The third-order valence-electron chi connectivity index (χ3n) is 5.49. The number of ether oxygens (including phenoxy) is 10. The summed E-state index contributed by atoms with van der Waals surface area (Å²) in [5.41, 5.74) is 0. The molecule has 10 nitrogen and oxygen atoms in total. The van der Waals surface area contributed by atoms with Crippen molar-refractivity contribution in [2.24, 2.45) is 0 Å². The van der Waals surface area contributed by atoms with Crippen LogP contribution in [0, 0.1) is 0 Å². The van der Waals surface area contributed by atoms with E-state index in [1.165, 1.54) is 0 Å². The van der Waals surface area contributed by atoms with Gasteiger partial charge in [0.25, 0.3) is 0 Å². The van der Waals surface area contributed by atoms with E-state index in [0.29, 0.717) is 119 Å². The summed E-state index contributed by atoms with van der Waals surface area (Å²) in [6.45, 7) is 8.44. The fraction of sp³-hybridized carbons (Fsp3) is 1.00. The molecule has 0 aromatic carbocycles. The van der Waals surface area contributed by atoms with Crippen LogP contribution in [0.1, 0.15) is 12.8 Å². The van der Waals surface area contributed by atoms with Crippen LogP contribution in [-0.2, 0) is 47.4 Å². The Morgan fingerprint density at radius 1 is 0.250 bits per heavy atom. The van der Waals surface area contributed by atoms with Crippen LogP contribution in [0.5, 0.6) is 0 Å². The van der Waals surface area contributed by atoms with Crippen molar-refractivity contribution in [3.63, 3.8) is 0 Å². The second-order valence-electron chi connectivity index (χ2n) is 7.78. The largest absolute Gasteiger partial charge is 0.377 e. The SMILES string of the molecule is C1COCCOC2CC3OCCOCCOCCOCCOC3CC2OCCOCCO1. The Morgan fingerprint density at radius 3 is 0.656 bits per heavy atom. The highest BCUT2D eigenvalue weighted by molar-refractivity contribution is 4.89. The summed E-state index contributed by atoms with van der Waals surface area (Å²) in [6, 6.07) is 0. The van der Waals surface area contributed by atoms with E-state index in [0.717, 1.165) is 0 Å². The van der Waals surface area contributed by atoms with Gasteiger partial charge >= 0.3 is 0 Å². The molecule has 0 aromatic heterocycles. The van der Waals surface area contributed by atoms with Crippen LogP contribution in [0.2, 0.25) is 0 Å². The van der Waals surface area contributed by atoms with Crippen LogP contribution >= 0.6 is 0 Å². The monoisotopic (exact) mass is 464 g/mol. The molecule has 1 aliphatic carbocycles. The van der Waals surface area contributed by atoms with Crippen molar-refractivity contribution in [1.29, 1.82) is 0 Å². The van der Waals surface area contributed by atoms with Crippen molar-refractivity contribution < 1.29 is 47.4 Å². The highest BCUT2D eigenvalue weighted by Crippen LogP contribution is 2.29. The Bertz CT molecular complexity index is 378. The van der Waals surface area contributed by atoms with Gasteiger partial charge in [0.1, 0.15) is 0 Å². The summed E-state index contributed by atoms with van der Waals surface area (Å²) < 4.78 is 57.9. The summed E-state index contributed by atoms with van der Waals surface area (Å²) in [4.78, 5) is 0. The zero-order chi connectivity index (χ0) is 22.1. The quantitative estimate of drug-likeness (QED) is 0.503. The molecule has 0 spiro atoms. The third kappa shape index (κ3) is 10.7. The number of fused-ring (bicyclic) bond motifs is 2. The third-order valence-corrected chi connectivity index (χ3v) is 5.49. The Hall–Kier alpha value is -0.400. The average molecular weight is 465 g/mol. The maximum Gasteiger partial charge on any atom is 0.0864 e. The molecule has 0 N–H and O–H groups in total. The van der Waals surface area contributed by atoms with Crippen molar-refractivity contribution in [1.82, 2.24) is 0 Å². The molecule has 1 saturated carbocycles. The molecule has 32 heavy (non-hydrogen) atoms. The summed E-state index contributed by atoms with van der Waals surface area (Å²) in [5, 5.41) is 0. The lowest BCUT2D eigenvalue weighted by atomic mass is 9.89. The van der Waals surface area contributed by atoms with E-state index < -0.39 is 0 Å². The topological polar surface area (TPSA) is 92.3 Å². The zero-order valence-corrected chi connectivity index (χ0v) is 19.1. The first-order chi connectivity index (χ1) is 15.9. The zero-order valence-electron chi connectivity index (χ0n) is 19.1. The first kappa shape index (κ1) is 26.2. The summed E-state index contributed by atoms with van der Waals surface area (Å²) in [6.07, 6.45) is 0.969. The molecule has 3 rings (SSSR count).